The lowest BCUT2D eigenvalue weighted by Crippen LogP contribution is -2.29. The SMILES string of the molecule is Nc1ccc(CS(=O)(=O)NCC(O)c2ccccc2)cc1. The molecular weight excluding hydrogens is 288 g/mol. The van der Waals surface area contributed by atoms with E-state index in [-0.39, 0.29) is 12.3 Å². The molecule has 0 aliphatic carbocycles. The number of aliphatic hydroxyl groups excluding tert-OH is 1. The predicted molar refractivity (Wildman–Crippen MR) is 82.9 cm³/mol. The van der Waals surface area contributed by atoms with Crippen molar-refractivity contribution in [1.29, 1.82) is 0 Å². The maximum absolute atomic E-state index is 12.0. The number of aliphatic hydroxyl groups is 1. The third kappa shape index (κ3) is 4.86. The summed E-state index contributed by atoms with van der Waals surface area (Å²) in [5.74, 6) is -0.144. The summed E-state index contributed by atoms with van der Waals surface area (Å²) in [6, 6.07) is 15.6. The second kappa shape index (κ2) is 6.71. The Kier molecular flexibility index (Phi) is 4.95. The third-order valence-corrected chi connectivity index (χ3v) is 4.34. The maximum Gasteiger partial charge on any atom is 0.215 e. The van der Waals surface area contributed by atoms with E-state index < -0.39 is 16.1 Å². The summed E-state index contributed by atoms with van der Waals surface area (Å²) < 4.78 is 26.3. The molecule has 2 rings (SSSR count). The van der Waals surface area contributed by atoms with Gasteiger partial charge in [0.25, 0.3) is 0 Å². The molecule has 0 aliphatic rings. The fourth-order valence-electron chi connectivity index (χ4n) is 1.88. The lowest BCUT2D eigenvalue weighted by Gasteiger charge is -2.12. The van der Waals surface area contributed by atoms with Crippen molar-refractivity contribution in [2.75, 3.05) is 12.3 Å². The number of rotatable bonds is 6. The minimum atomic E-state index is -3.50. The first-order valence-electron chi connectivity index (χ1n) is 6.51. The first-order chi connectivity index (χ1) is 9.96. The van der Waals surface area contributed by atoms with Gasteiger partial charge in [-0.2, -0.15) is 0 Å². The zero-order valence-corrected chi connectivity index (χ0v) is 12.3. The van der Waals surface area contributed by atoms with Gasteiger partial charge in [0, 0.05) is 12.2 Å². The highest BCUT2D eigenvalue weighted by atomic mass is 32.2. The van der Waals surface area contributed by atoms with Crippen LogP contribution in [0.15, 0.2) is 54.6 Å². The molecule has 2 aromatic rings. The Morgan fingerprint density at radius 1 is 1.05 bits per heavy atom. The molecule has 21 heavy (non-hydrogen) atoms. The van der Waals surface area contributed by atoms with Gasteiger partial charge in [-0.25, -0.2) is 13.1 Å². The van der Waals surface area contributed by atoms with Crippen molar-refractivity contribution in [3.05, 3.63) is 65.7 Å². The van der Waals surface area contributed by atoms with Gasteiger partial charge in [0.1, 0.15) is 0 Å². The second-order valence-corrected chi connectivity index (χ2v) is 6.58. The Balaban J connectivity index is 1.94. The summed E-state index contributed by atoms with van der Waals surface area (Å²) in [6.45, 7) is -0.0542. The molecule has 0 radical (unpaired) electrons. The predicted octanol–water partition coefficient (Wildman–Crippen LogP) is 1.42. The maximum atomic E-state index is 12.0. The molecule has 0 aliphatic heterocycles. The Bertz CT molecular complexity index is 670. The van der Waals surface area contributed by atoms with E-state index in [1.807, 2.05) is 6.07 Å². The standard InChI is InChI=1S/C15H18N2O3S/c16-14-8-6-12(7-9-14)11-21(19,20)17-10-15(18)13-4-2-1-3-5-13/h1-9,15,17-18H,10-11,16H2. The smallest absolute Gasteiger partial charge is 0.215 e. The van der Waals surface area contributed by atoms with Crippen molar-refractivity contribution in [1.82, 2.24) is 4.72 Å². The largest absolute Gasteiger partial charge is 0.399 e. The molecule has 0 fully saturated rings. The monoisotopic (exact) mass is 306 g/mol. The van der Waals surface area contributed by atoms with Crippen LogP contribution in [0.3, 0.4) is 0 Å². The molecule has 6 heteroatoms. The fraction of sp³-hybridized carbons (Fsp3) is 0.200. The van der Waals surface area contributed by atoms with Gasteiger partial charge in [-0.3, -0.25) is 0 Å². The minimum absolute atomic E-state index is 0.0542. The molecule has 2 aromatic carbocycles. The van der Waals surface area contributed by atoms with Crippen LogP contribution in [0.4, 0.5) is 5.69 Å². The van der Waals surface area contributed by atoms with Crippen LogP contribution in [0, 0.1) is 0 Å². The number of benzene rings is 2. The summed E-state index contributed by atoms with van der Waals surface area (Å²) in [5.41, 5.74) is 7.46. The molecule has 5 nitrogen and oxygen atoms in total. The van der Waals surface area contributed by atoms with Crippen LogP contribution in [0.25, 0.3) is 0 Å². The quantitative estimate of drug-likeness (QED) is 0.704. The molecule has 1 atom stereocenters. The van der Waals surface area contributed by atoms with Crippen molar-refractivity contribution in [2.24, 2.45) is 0 Å². The van der Waals surface area contributed by atoms with E-state index >= 15 is 0 Å². The molecule has 4 N–H and O–H groups in total. The van der Waals surface area contributed by atoms with Gasteiger partial charge in [-0.05, 0) is 23.3 Å². The van der Waals surface area contributed by atoms with Gasteiger partial charge in [0.2, 0.25) is 10.0 Å². The summed E-state index contributed by atoms with van der Waals surface area (Å²) in [6.07, 6.45) is -0.868. The summed E-state index contributed by atoms with van der Waals surface area (Å²) >= 11 is 0. The van der Waals surface area contributed by atoms with Gasteiger partial charge >= 0.3 is 0 Å². The number of nitrogens with two attached hydrogens (primary N) is 1. The summed E-state index contributed by atoms with van der Waals surface area (Å²) in [7, 11) is -3.50. The van der Waals surface area contributed by atoms with Gasteiger partial charge in [0.15, 0.2) is 0 Å². The number of hydrogen-bond donors (Lipinski definition) is 3. The van der Waals surface area contributed by atoms with Gasteiger partial charge < -0.3 is 10.8 Å². The lowest BCUT2D eigenvalue weighted by molar-refractivity contribution is 0.182. The van der Waals surface area contributed by atoms with Crippen molar-refractivity contribution >= 4 is 15.7 Å². The Hall–Kier alpha value is -1.89. The first kappa shape index (κ1) is 15.5. The van der Waals surface area contributed by atoms with Crippen LogP contribution in [0.1, 0.15) is 17.2 Å². The molecule has 1 unspecified atom stereocenters. The molecular formula is C15H18N2O3S. The zero-order chi connectivity index (χ0) is 15.3. The lowest BCUT2D eigenvalue weighted by atomic mass is 10.1. The first-order valence-corrected chi connectivity index (χ1v) is 8.16. The van der Waals surface area contributed by atoms with Gasteiger partial charge in [-0.15, -0.1) is 0 Å². The molecule has 112 valence electrons. The van der Waals surface area contributed by atoms with Gasteiger partial charge in [0.05, 0.1) is 11.9 Å². The fourth-order valence-corrected chi connectivity index (χ4v) is 3.03. The average molecular weight is 306 g/mol. The van der Waals surface area contributed by atoms with Crippen molar-refractivity contribution < 1.29 is 13.5 Å². The van der Waals surface area contributed by atoms with Crippen molar-refractivity contribution in [3.8, 4) is 0 Å². The normalized spacial score (nSPS) is 13.0. The van der Waals surface area contributed by atoms with E-state index in [1.165, 1.54) is 0 Å². The Morgan fingerprint density at radius 2 is 1.67 bits per heavy atom. The molecule has 0 amide bonds. The van der Waals surface area contributed by atoms with Crippen LogP contribution >= 0.6 is 0 Å². The van der Waals surface area contributed by atoms with Crippen LogP contribution in [0.2, 0.25) is 0 Å². The van der Waals surface area contributed by atoms with Crippen LogP contribution < -0.4 is 10.5 Å². The average Bonchev–Trinajstić information content (AvgIpc) is 2.48. The summed E-state index contributed by atoms with van der Waals surface area (Å²) in [5, 5.41) is 9.94. The molecule has 0 saturated carbocycles. The third-order valence-electron chi connectivity index (χ3n) is 3.02. The van der Waals surface area contributed by atoms with Crippen molar-refractivity contribution in [2.45, 2.75) is 11.9 Å². The van der Waals surface area contributed by atoms with Crippen LogP contribution in [0.5, 0.6) is 0 Å². The molecule has 0 heterocycles. The number of nitrogen functional groups attached to an aromatic ring is 1. The number of nitrogens with one attached hydrogen (secondary N) is 1. The van der Waals surface area contributed by atoms with E-state index in [0.717, 1.165) is 0 Å². The van der Waals surface area contributed by atoms with E-state index in [1.54, 1.807) is 48.5 Å². The molecule has 0 spiro atoms. The zero-order valence-electron chi connectivity index (χ0n) is 11.4. The van der Waals surface area contributed by atoms with Crippen LogP contribution in [-0.4, -0.2) is 20.1 Å². The van der Waals surface area contributed by atoms with E-state index in [9.17, 15) is 13.5 Å². The molecule has 0 aromatic heterocycles. The highest BCUT2D eigenvalue weighted by Gasteiger charge is 2.14. The van der Waals surface area contributed by atoms with E-state index in [2.05, 4.69) is 4.72 Å². The number of anilines is 1. The second-order valence-electron chi connectivity index (χ2n) is 4.78. The number of hydrogen-bond acceptors (Lipinski definition) is 4. The van der Waals surface area contributed by atoms with Gasteiger partial charge in [-0.1, -0.05) is 42.5 Å². The van der Waals surface area contributed by atoms with Crippen molar-refractivity contribution in [3.63, 3.8) is 0 Å². The van der Waals surface area contributed by atoms with Crippen LogP contribution in [-0.2, 0) is 15.8 Å². The Labute approximate surface area is 124 Å². The molecule has 0 saturated heterocycles. The highest BCUT2D eigenvalue weighted by molar-refractivity contribution is 7.88. The number of sulfonamides is 1. The topological polar surface area (TPSA) is 92.4 Å². The van der Waals surface area contributed by atoms with E-state index in [0.29, 0.717) is 16.8 Å². The minimum Gasteiger partial charge on any atom is -0.399 e. The Morgan fingerprint density at radius 3 is 2.29 bits per heavy atom. The highest BCUT2D eigenvalue weighted by Crippen LogP contribution is 2.12. The molecule has 0 bridgehead atoms. The van der Waals surface area contributed by atoms with E-state index in [4.69, 9.17) is 5.73 Å². The summed E-state index contributed by atoms with van der Waals surface area (Å²) in [4.78, 5) is 0.